The van der Waals surface area contributed by atoms with Gasteiger partial charge in [0.05, 0.1) is 10.6 Å². The van der Waals surface area contributed by atoms with E-state index in [1.807, 2.05) is 13.0 Å². The molecule has 3 aromatic rings. The molecule has 0 aliphatic carbocycles. The van der Waals surface area contributed by atoms with Crippen LogP contribution in [0.4, 0.5) is 5.69 Å². The minimum Gasteiger partial charge on any atom is -0.355 e. The van der Waals surface area contributed by atoms with Crippen molar-refractivity contribution < 1.29 is 18.0 Å². The topological polar surface area (TPSA) is 86.8 Å². The molecule has 1 atom stereocenters. The van der Waals surface area contributed by atoms with E-state index < -0.39 is 28.5 Å². The number of aryl methyl sites for hydroxylation is 1. The number of nitrogens with zero attached hydrogens (tertiary/aromatic N) is 2. The molecule has 208 valence electrons. The first-order valence-corrected chi connectivity index (χ1v) is 14.9. The highest BCUT2D eigenvalue weighted by Gasteiger charge is 2.34. The molecule has 3 aromatic carbocycles. The SMILES string of the molecule is CCNC(=O)C(CC)N(Cc1c(Cl)cccc1Cl)C(=O)CN(c1cccc(C)c1)S(=O)(=O)c1ccc(Cl)cc1. The zero-order chi connectivity index (χ0) is 28.7. The first-order chi connectivity index (χ1) is 18.5. The van der Waals surface area contributed by atoms with Crippen LogP contribution >= 0.6 is 34.8 Å². The summed E-state index contributed by atoms with van der Waals surface area (Å²) in [6.45, 7) is 5.09. The second-order valence-corrected chi connectivity index (χ2v) is 12.0. The first kappa shape index (κ1) is 30.8. The Balaban J connectivity index is 2.10. The molecule has 0 radical (unpaired) electrons. The van der Waals surface area contributed by atoms with E-state index >= 15 is 0 Å². The number of hydrogen-bond acceptors (Lipinski definition) is 4. The highest BCUT2D eigenvalue weighted by Crippen LogP contribution is 2.29. The number of rotatable bonds is 11. The summed E-state index contributed by atoms with van der Waals surface area (Å²) in [5, 5.41) is 3.79. The minimum atomic E-state index is -4.19. The van der Waals surface area contributed by atoms with Crippen LogP contribution < -0.4 is 9.62 Å². The molecule has 0 spiro atoms. The van der Waals surface area contributed by atoms with Crippen LogP contribution in [0.2, 0.25) is 15.1 Å². The molecule has 1 unspecified atom stereocenters. The van der Waals surface area contributed by atoms with Crippen LogP contribution in [0.25, 0.3) is 0 Å². The van der Waals surface area contributed by atoms with Crippen molar-refractivity contribution >= 4 is 62.3 Å². The summed E-state index contributed by atoms with van der Waals surface area (Å²) < 4.78 is 28.7. The highest BCUT2D eigenvalue weighted by atomic mass is 35.5. The number of halogens is 3. The molecule has 11 heteroatoms. The molecule has 0 heterocycles. The lowest BCUT2D eigenvalue weighted by molar-refractivity contribution is -0.140. The van der Waals surface area contributed by atoms with Gasteiger partial charge in [-0.25, -0.2) is 8.42 Å². The number of amides is 2. The number of benzene rings is 3. The maximum absolute atomic E-state index is 14.0. The molecule has 0 aromatic heterocycles. The van der Waals surface area contributed by atoms with E-state index in [-0.39, 0.29) is 23.8 Å². The molecule has 7 nitrogen and oxygen atoms in total. The predicted octanol–water partition coefficient (Wildman–Crippen LogP) is 6.09. The summed E-state index contributed by atoms with van der Waals surface area (Å²) >= 11 is 18.8. The van der Waals surface area contributed by atoms with E-state index in [1.165, 1.54) is 29.2 Å². The molecular formula is C28H30Cl3N3O4S. The zero-order valence-electron chi connectivity index (χ0n) is 21.8. The number of carbonyl (C=O) groups excluding carboxylic acids is 2. The fourth-order valence-electron chi connectivity index (χ4n) is 4.11. The summed E-state index contributed by atoms with van der Waals surface area (Å²) in [7, 11) is -4.19. The summed E-state index contributed by atoms with van der Waals surface area (Å²) in [6, 6.07) is 16.6. The lowest BCUT2D eigenvalue weighted by Gasteiger charge is -2.33. The molecule has 39 heavy (non-hydrogen) atoms. The Hall–Kier alpha value is -2.78. The van der Waals surface area contributed by atoms with Crippen molar-refractivity contribution in [2.24, 2.45) is 0 Å². The van der Waals surface area contributed by atoms with Crippen molar-refractivity contribution in [2.45, 2.75) is 44.7 Å². The van der Waals surface area contributed by atoms with Crippen LogP contribution in [0.3, 0.4) is 0 Å². The van der Waals surface area contributed by atoms with Crippen molar-refractivity contribution in [3.63, 3.8) is 0 Å². The smallest absolute Gasteiger partial charge is 0.264 e. The van der Waals surface area contributed by atoms with Gasteiger partial charge in [0.2, 0.25) is 11.8 Å². The largest absolute Gasteiger partial charge is 0.355 e. The predicted molar refractivity (Wildman–Crippen MR) is 157 cm³/mol. The Morgan fingerprint density at radius 2 is 1.54 bits per heavy atom. The van der Waals surface area contributed by atoms with Gasteiger partial charge in [-0.3, -0.25) is 13.9 Å². The van der Waals surface area contributed by atoms with Crippen molar-refractivity contribution in [1.29, 1.82) is 0 Å². The lowest BCUT2D eigenvalue weighted by atomic mass is 10.1. The number of anilines is 1. The molecule has 3 rings (SSSR count). The molecule has 0 saturated heterocycles. The third-order valence-corrected chi connectivity index (χ3v) is 8.85. The van der Waals surface area contributed by atoms with Crippen molar-refractivity contribution in [2.75, 3.05) is 17.4 Å². The fourth-order valence-corrected chi connectivity index (χ4v) is 6.16. The van der Waals surface area contributed by atoms with Gasteiger partial charge in [0.25, 0.3) is 10.0 Å². The Morgan fingerprint density at radius 3 is 2.10 bits per heavy atom. The van der Waals surface area contributed by atoms with Gasteiger partial charge >= 0.3 is 0 Å². The Labute approximate surface area is 244 Å². The quantitative estimate of drug-likeness (QED) is 0.285. The standard InChI is InChI=1S/C28H30Cl3N3O4S/c1-4-26(28(36)32-5-2)33(17-23-24(30)10-7-11-25(23)31)27(35)18-34(21-9-6-8-19(3)16-21)39(37,38)22-14-12-20(29)13-15-22/h6-16,26H,4-5,17-18H2,1-3H3,(H,32,36). The number of sulfonamides is 1. The zero-order valence-corrected chi connectivity index (χ0v) is 24.9. The van der Waals surface area contributed by atoms with Crippen LogP contribution in [0.1, 0.15) is 31.4 Å². The first-order valence-electron chi connectivity index (χ1n) is 12.3. The molecule has 0 saturated carbocycles. The van der Waals surface area contributed by atoms with Crippen molar-refractivity contribution in [3.8, 4) is 0 Å². The van der Waals surface area contributed by atoms with Crippen molar-refractivity contribution in [3.05, 3.63) is 92.9 Å². The second-order valence-electron chi connectivity index (χ2n) is 8.85. The minimum absolute atomic E-state index is 0.0299. The van der Waals surface area contributed by atoms with Gasteiger partial charge in [-0.1, -0.05) is 59.9 Å². The maximum atomic E-state index is 14.0. The average molecular weight is 611 g/mol. The maximum Gasteiger partial charge on any atom is 0.264 e. The average Bonchev–Trinajstić information content (AvgIpc) is 2.89. The van der Waals surface area contributed by atoms with Crippen LogP contribution in [-0.4, -0.2) is 44.3 Å². The van der Waals surface area contributed by atoms with E-state index in [0.29, 0.717) is 32.9 Å². The van der Waals surface area contributed by atoms with E-state index in [4.69, 9.17) is 34.8 Å². The van der Waals surface area contributed by atoms with Gasteiger partial charge in [-0.15, -0.1) is 0 Å². The number of carbonyl (C=O) groups is 2. The summed E-state index contributed by atoms with van der Waals surface area (Å²) in [4.78, 5) is 28.3. The van der Waals surface area contributed by atoms with Crippen molar-refractivity contribution in [1.82, 2.24) is 10.2 Å². The molecule has 0 fully saturated rings. The Bertz CT molecular complexity index is 1410. The van der Waals surface area contributed by atoms with E-state index in [0.717, 1.165) is 9.87 Å². The van der Waals surface area contributed by atoms with Crippen LogP contribution in [0, 0.1) is 6.92 Å². The van der Waals surface area contributed by atoms with E-state index in [1.54, 1.807) is 50.2 Å². The van der Waals surface area contributed by atoms with Gasteiger partial charge in [0.1, 0.15) is 12.6 Å². The van der Waals surface area contributed by atoms with Crippen LogP contribution in [-0.2, 0) is 26.2 Å². The molecule has 0 aliphatic rings. The fraction of sp³-hybridized carbons (Fsp3) is 0.286. The normalized spacial score (nSPS) is 12.1. The Kier molecular flexibility index (Phi) is 10.7. The van der Waals surface area contributed by atoms with E-state index in [9.17, 15) is 18.0 Å². The summed E-state index contributed by atoms with van der Waals surface area (Å²) in [5.74, 6) is -0.956. The monoisotopic (exact) mass is 609 g/mol. The molecule has 0 bridgehead atoms. The van der Waals surface area contributed by atoms with Crippen LogP contribution in [0.15, 0.2) is 71.6 Å². The van der Waals surface area contributed by atoms with E-state index in [2.05, 4.69) is 5.32 Å². The molecule has 1 N–H and O–H groups in total. The molecular weight excluding hydrogens is 581 g/mol. The van der Waals surface area contributed by atoms with Gasteiger partial charge in [-0.2, -0.15) is 0 Å². The lowest BCUT2D eigenvalue weighted by Crippen LogP contribution is -2.52. The van der Waals surface area contributed by atoms with Crippen LogP contribution in [0.5, 0.6) is 0 Å². The molecule has 2 amide bonds. The summed E-state index contributed by atoms with van der Waals surface area (Å²) in [6.07, 6.45) is 0.286. The Morgan fingerprint density at radius 1 is 0.923 bits per heavy atom. The number of likely N-dealkylation sites (N-methyl/N-ethyl adjacent to an activating group) is 1. The van der Waals surface area contributed by atoms with Gasteiger partial charge in [-0.05, 0) is 74.4 Å². The third-order valence-electron chi connectivity index (χ3n) is 6.10. The van der Waals surface area contributed by atoms with Gasteiger partial charge in [0, 0.05) is 33.7 Å². The third kappa shape index (κ3) is 7.45. The van der Waals surface area contributed by atoms with Gasteiger partial charge < -0.3 is 10.2 Å². The molecule has 0 aliphatic heterocycles. The van der Waals surface area contributed by atoms with Gasteiger partial charge in [0.15, 0.2) is 0 Å². The summed E-state index contributed by atoms with van der Waals surface area (Å²) in [5.41, 5.74) is 1.57. The number of hydrogen-bond donors (Lipinski definition) is 1. The second kappa shape index (κ2) is 13.5. The number of nitrogens with one attached hydrogen (secondary N) is 1. The highest BCUT2D eigenvalue weighted by molar-refractivity contribution is 7.92.